The van der Waals surface area contributed by atoms with Crippen molar-refractivity contribution in [3.63, 3.8) is 0 Å². The summed E-state index contributed by atoms with van der Waals surface area (Å²) in [5.41, 5.74) is -1.07. The van der Waals surface area contributed by atoms with Crippen LogP contribution in [0.25, 0.3) is 0 Å². The third-order valence-corrected chi connectivity index (χ3v) is 1.77. The Bertz CT molecular complexity index is 437. The summed E-state index contributed by atoms with van der Waals surface area (Å²) < 4.78 is 12.8. The molecular formula is C7H4ClFN2O4. The number of nitro groups is 1. The van der Waals surface area contributed by atoms with E-state index in [0.717, 1.165) is 6.07 Å². The van der Waals surface area contributed by atoms with Crippen molar-refractivity contribution in [1.82, 2.24) is 0 Å². The van der Waals surface area contributed by atoms with E-state index in [1.807, 2.05) is 0 Å². The highest BCUT2D eigenvalue weighted by Gasteiger charge is 2.19. The Morgan fingerprint density at radius 3 is 2.67 bits per heavy atom. The summed E-state index contributed by atoms with van der Waals surface area (Å²) in [5, 5.41) is 20.1. The van der Waals surface area contributed by atoms with Crippen LogP contribution in [0.1, 0.15) is 0 Å². The molecule has 0 fully saturated rings. The van der Waals surface area contributed by atoms with Crippen LogP contribution in [0.4, 0.5) is 20.6 Å². The van der Waals surface area contributed by atoms with Crippen LogP contribution in [0.3, 0.4) is 0 Å². The second kappa shape index (κ2) is 4.09. The Labute approximate surface area is 87.4 Å². The van der Waals surface area contributed by atoms with Crippen LogP contribution in [0.15, 0.2) is 12.1 Å². The van der Waals surface area contributed by atoms with Crippen LogP contribution in [0, 0.1) is 15.9 Å². The molecule has 1 aromatic carbocycles. The Morgan fingerprint density at radius 1 is 1.60 bits per heavy atom. The molecule has 15 heavy (non-hydrogen) atoms. The predicted molar refractivity (Wildman–Crippen MR) is 49.7 cm³/mol. The Hall–Kier alpha value is -1.89. The van der Waals surface area contributed by atoms with Gasteiger partial charge in [0, 0.05) is 0 Å². The van der Waals surface area contributed by atoms with Gasteiger partial charge in [-0.1, -0.05) is 11.6 Å². The minimum Gasteiger partial charge on any atom is -0.465 e. The molecule has 8 heteroatoms. The number of amides is 1. The molecule has 0 atom stereocenters. The highest BCUT2D eigenvalue weighted by Crippen LogP contribution is 2.30. The van der Waals surface area contributed by atoms with Crippen LogP contribution in [-0.2, 0) is 0 Å². The number of carbonyl (C=O) groups is 1. The maximum atomic E-state index is 12.8. The summed E-state index contributed by atoms with van der Waals surface area (Å²) in [5.74, 6) is -0.987. The van der Waals surface area contributed by atoms with Gasteiger partial charge in [0.05, 0.1) is 16.0 Å². The molecule has 0 aromatic heterocycles. The number of hydrogen-bond donors (Lipinski definition) is 2. The van der Waals surface area contributed by atoms with Gasteiger partial charge >= 0.3 is 6.09 Å². The number of benzene rings is 1. The van der Waals surface area contributed by atoms with Gasteiger partial charge in [-0.15, -0.1) is 0 Å². The van der Waals surface area contributed by atoms with Crippen molar-refractivity contribution in [2.75, 3.05) is 5.32 Å². The molecule has 0 aliphatic carbocycles. The highest BCUT2D eigenvalue weighted by molar-refractivity contribution is 6.31. The predicted octanol–water partition coefficient (Wildman–Crippen LogP) is 2.48. The third-order valence-electron chi connectivity index (χ3n) is 1.48. The number of nitrogens with one attached hydrogen (secondary N) is 1. The molecule has 0 bridgehead atoms. The van der Waals surface area contributed by atoms with Crippen LogP contribution in [0.2, 0.25) is 5.02 Å². The Balaban J connectivity index is 3.28. The summed E-state index contributed by atoms with van der Waals surface area (Å²) in [6.07, 6.45) is -1.50. The van der Waals surface area contributed by atoms with E-state index in [0.29, 0.717) is 6.07 Å². The average molecular weight is 235 g/mol. The summed E-state index contributed by atoms with van der Waals surface area (Å²) in [6.45, 7) is 0. The van der Waals surface area contributed by atoms with Gasteiger partial charge in [-0.2, -0.15) is 0 Å². The molecule has 0 unspecified atom stereocenters. The first-order chi connectivity index (χ1) is 6.91. The van der Waals surface area contributed by atoms with Gasteiger partial charge in [0.2, 0.25) is 0 Å². The second-order valence-electron chi connectivity index (χ2n) is 2.47. The van der Waals surface area contributed by atoms with Gasteiger partial charge in [0.1, 0.15) is 11.5 Å². The van der Waals surface area contributed by atoms with E-state index >= 15 is 0 Å². The molecule has 0 aliphatic heterocycles. The molecule has 80 valence electrons. The first kappa shape index (κ1) is 11.2. The SMILES string of the molecule is O=C(O)Nc1cc(Cl)c(F)cc1[N+](=O)[O-]. The number of hydrogen-bond acceptors (Lipinski definition) is 3. The van der Waals surface area contributed by atoms with Crippen LogP contribution in [0.5, 0.6) is 0 Å². The number of rotatable bonds is 2. The Kier molecular flexibility index (Phi) is 3.05. The van der Waals surface area contributed by atoms with Crippen LogP contribution < -0.4 is 5.32 Å². The molecule has 0 heterocycles. The first-order valence-corrected chi connectivity index (χ1v) is 3.93. The van der Waals surface area contributed by atoms with Crippen molar-refractivity contribution in [2.24, 2.45) is 0 Å². The van der Waals surface area contributed by atoms with E-state index in [1.54, 1.807) is 5.32 Å². The van der Waals surface area contributed by atoms with Crippen molar-refractivity contribution >= 4 is 29.1 Å². The maximum absolute atomic E-state index is 12.8. The number of carboxylic acid groups (broad SMARTS) is 1. The third kappa shape index (κ3) is 2.53. The van der Waals surface area contributed by atoms with Crippen molar-refractivity contribution in [3.8, 4) is 0 Å². The average Bonchev–Trinajstić information content (AvgIpc) is 2.09. The standard InChI is InChI=1S/C7H4ClFN2O4/c8-3-1-5(10-7(12)13)6(11(14)15)2-4(3)9/h1-2,10H,(H,12,13). The lowest BCUT2D eigenvalue weighted by Gasteiger charge is -2.03. The monoisotopic (exact) mass is 234 g/mol. The molecule has 1 aromatic rings. The largest absolute Gasteiger partial charge is 0.465 e. The lowest BCUT2D eigenvalue weighted by molar-refractivity contribution is -0.384. The highest BCUT2D eigenvalue weighted by atomic mass is 35.5. The molecule has 1 amide bonds. The number of nitro benzene ring substituents is 1. The number of nitrogens with zero attached hydrogens (tertiary/aromatic N) is 1. The smallest absolute Gasteiger partial charge is 0.409 e. The van der Waals surface area contributed by atoms with Crippen molar-refractivity contribution in [1.29, 1.82) is 0 Å². The molecule has 6 nitrogen and oxygen atoms in total. The maximum Gasteiger partial charge on any atom is 0.409 e. The summed E-state index contributed by atoms with van der Waals surface area (Å²) in [7, 11) is 0. The lowest BCUT2D eigenvalue weighted by Crippen LogP contribution is -2.09. The summed E-state index contributed by atoms with van der Waals surface area (Å²) >= 11 is 5.34. The fourth-order valence-electron chi connectivity index (χ4n) is 0.903. The van der Waals surface area contributed by atoms with Gasteiger partial charge in [-0.25, -0.2) is 9.18 Å². The molecule has 0 saturated heterocycles. The van der Waals surface area contributed by atoms with Gasteiger partial charge in [0.25, 0.3) is 5.69 Å². The zero-order valence-corrected chi connectivity index (χ0v) is 7.79. The Morgan fingerprint density at radius 2 is 2.20 bits per heavy atom. The molecule has 0 aliphatic rings. The van der Waals surface area contributed by atoms with Gasteiger partial charge in [-0.05, 0) is 6.07 Å². The molecule has 1 rings (SSSR count). The van der Waals surface area contributed by atoms with Crippen molar-refractivity contribution < 1.29 is 19.2 Å². The minimum absolute atomic E-state index is 0.376. The normalized spacial score (nSPS) is 9.73. The van der Waals surface area contributed by atoms with E-state index in [2.05, 4.69) is 0 Å². The second-order valence-corrected chi connectivity index (χ2v) is 2.88. The van der Waals surface area contributed by atoms with E-state index in [4.69, 9.17) is 16.7 Å². The van der Waals surface area contributed by atoms with Crippen LogP contribution in [-0.4, -0.2) is 16.1 Å². The summed E-state index contributed by atoms with van der Waals surface area (Å²) in [6, 6.07) is 1.39. The fourth-order valence-corrected chi connectivity index (χ4v) is 1.07. The first-order valence-electron chi connectivity index (χ1n) is 3.55. The molecular weight excluding hydrogens is 231 g/mol. The molecule has 2 N–H and O–H groups in total. The van der Waals surface area contributed by atoms with E-state index < -0.39 is 27.5 Å². The zero-order valence-electron chi connectivity index (χ0n) is 7.03. The minimum atomic E-state index is -1.50. The van der Waals surface area contributed by atoms with E-state index in [-0.39, 0.29) is 5.69 Å². The molecule has 0 radical (unpaired) electrons. The van der Waals surface area contributed by atoms with Gasteiger partial charge < -0.3 is 5.11 Å². The molecule has 0 saturated carbocycles. The van der Waals surface area contributed by atoms with E-state index in [9.17, 15) is 19.3 Å². The van der Waals surface area contributed by atoms with Gasteiger partial charge in [0.15, 0.2) is 0 Å². The topological polar surface area (TPSA) is 92.5 Å². The van der Waals surface area contributed by atoms with Crippen molar-refractivity contribution in [3.05, 3.63) is 33.1 Å². The van der Waals surface area contributed by atoms with Gasteiger partial charge in [-0.3, -0.25) is 15.4 Å². The fraction of sp³-hybridized carbons (Fsp3) is 0. The molecule has 0 spiro atoms. The summed E-state index contributed by atoms with van der Waals surface area (Å²) in [4.78, 5) is 19.8. The van der Waals surface area contributed by atoms with E-state index in [1.165, 1.54) is 0 Å². The zero-order chi connectivity index (χ0) is 11.6. The number of anilines is 1. The number of halogens is 2. The van der Waals surface area contributed by atoms with Crippen molar-refractivity contribution in [2.45, 2.75) is 0 Å². The quantitative estimate of drug-likeness (QED) is 0.607. The van der Waals surface area contributed by atoms with Crippen LogP contribution >= 0.6 is 11.6 Å². The lowest BCUT2D eigenvalue weighted by atomic mass is 10.2.